The van der Waals surface area contributed by atoms with Crippen molar-refractivity contribution in [2.45, 2.75) is 75.5 Å². The first-order valence-corrected chi connectivity index (χ1v) is 14.4. The zero-order valence-electron chi connectivity index (χ0n) is 22.1. The summed E-state index contributed by atoms with van der Waals surface area (Å²) in [6.07, 6.45) is 12.9. The number of hydrogen-bond donors (Lipinski definition) is 0. The first-order valence-electron chi connectivity index (χ1n) is 14.4. The average molecular weight is 513 g/mol. The minimum absolute atomic E-state index is 0.0183. The zero-order chi connectivity index (χ0) is 25.7. The highest BCUT2D eigenvalue weighted by molar-refractivity contribution is 5.95. The Kier molecular flexibility index (Phi) is 5.97. The van der Waals surface area contributed by atoms with Crippen molar-refractivity contribution in [1.29, 1.82) is 0 Å². The largest absolute Gasteiger partial charge is 0.481 e. The Morgan fingerprint density at radius 2 is 1.87 bits per heavy atom. The summed E-state index contributed by atoms with van der Waals surface area (Å²) in [5, 5.41) is 4.30. The Labute approximate surface area is 224 Å². The van der Waals surface area contributed by atoms with Gasteiger partial charge in [0.15, 0.2) is 5.82 Å². The third kappa shape index (κ3) is 4.30. The minimum atomic E-state index is 0.0183. The van der Waals surface area contributed by atoms with Crippen LogP contribution in [-0.4, -0.2) is 34.7 Å². The molecule has 0 saturated heterocycles. The molecule has 5 aliphatic carbocycles. The molecular formula is C31H36N4O3. The maximum Gasteiger partial charge on any atom is 0.232 e. The summed E-state index contributed by atoms with van der Waals surface area (Å²) >= 11 is 0. The van der Waals surface area contributed by atoms with E-state index in [2.05, 4.69) is 39.3 Å². The SMILES string of the molecule is COc1cc(-c2cccc(N(CC3CC4(c5nc(C6CC6)no5)CC3C4)C(=O)C3CCCCC3)c2)ccn1. The van der Waals surface area contributed by atoms with Crippen molar-refractivity contribution in [3.8, 4) is 17.0 Å². The standard InChI is InChI=1S/C31H36N4O3/c1-37-27-15-23(12-13-32-27)22-8-5-9-26(14-22)35(29(36)21-6-3-2-4-7-21)19-25-18-31(16-24(25)17-31)30-33-28(34-38-30)20-10-11-20/h5,8-9,12-15,20-21,24-25H,2-4,6-7,10-11,16-19H2,1H3. The van der Waals surface area contributed by atoms with Crippen LogP contribution in [0.1, 0.15) is 81.8 Å². The number of nitrogens with zero attached hydrogens (tertiary/aromatic N) is 4. The molecule has 5 aliphatic rings. The van der Waals surface area contributed by atoms with E-state index in [1.807, 2.05) is 12.1 Å². The molecule has 5 saturated carbocycles. The molecule has 0 N–H and O–H groups in total. The summed E-state index contributed by atoms with van der Waals surface area (Å²) in [6, 6.07) is 12.3. The number of carbonyl (C=O) groups excluding carboxylic acids is 1. The first kappa shape index (κ1) is 23.9. The van der Waals surface area contributed by atoms with Crippen LogP contribution in [0.4, 0.5) is 5.69 Å². The van der Waals surface area contributed by atoms with Gasteiger partial charge in [0.05, 0.1) is 12.5 Å². The topological polar surface area (TPSA) is 81.4 Å². The Bertz CT molecular complexity index is 1320. The molecule has 38 heavy (non-hydrogen) atoms. The van der Waals surface area contributed by atoms with Crippen LogP contribution in [0.2, 0.25) is 0 Å². The summed E-state index contributed by atoms with van der Waals surface area (Å²) in [6.45, 7) is 0.758. The lowest BCUT2D eigenvalue weighted by molar-refractivity contribution is -0.123. The lowest BCUT2D eigenvalue weighted by Gasteiger charge is -2.36. The molecule has 0 radical (unpaired) electrons. The highest BCUT2D eigenvalue weighted by Gasteiger charge is 2.60. The number of carbonyl (C=O) groups is 1. The van der Waals surface area contributed by atoms with Crippen LogP contribution in [0.15, 0.2) is 47.1 Å². The van der Waals surface area contributed by atoms with Crippen LogP contribution >= 0.6 is 0 Å². The maximum atomic E-state index is 14.0. The summed E-state index contributed by atoms with van der Waals surface area (Å²) in [5.74, 6) is 4.32. The number of amides is 1. The van der Waals surface area contributed by atoms with Crippen LogP contribution < -0.4 is 9.64 Å². The number of anilines is 1. The normalized spacial score (nSPS) is 26.7. The molecule has 2 aromatic heterocycles. The molecule has 8 rings (SSSR count). The maximum absolute atomic E-state index is 14.0. The van der Waals surface area contributed by atoms with Gasteiger partial charge in [-0.05, 0) is 86.1 Å². The van der Waals surface area contributed by atoms with Crippen LogP contribution in [-0.2, 0) is 10.2 Å². The van der Waals surface area contributed by atoms with Crippen molar-refractivity contribution >= 4 is 11.6 Å². The van der Waals surface area contributed by atoms with E-state index >= 15 is 0 Å². The second-order valence-corrected chi connectivity index (χ2v) is 12.1. The predicted molar refractivity (Wildman–Crippen MR) is 144 cm³/mol. The average Bonchev–Trinajstić information content (AvgIpc) is 3.40. The number of aromatic nitrogens is 3. The van der Waals surface area contributed by atoms with Crippen molar-refractivity contribution < 1.29 is 14.1 Å². The fourth-order valence-electron chi connectivity index (χ4n) is 7.23. The van der Waals surface area contributed by atoms with Gasteiger partial charge in [-0.2, -0.15) is 4.98 Å². The molecule has 1 unspecified atom stereocenters. The van der Waals surface area contributed by atoms with Crippen molar-refractivity contribution in [3.63, 3.8) is 0 Å². The molecule has 1 atom stereocenters. The van der Waals surface area contributed by atoms with Gasteiger partial charge in [-0.1, -0.05) is 36.6 Å². The van der Waals surface area contributed by atoms with Gasteiger partial charge in [0.2, 0.25) is 17.7 Å². The van der Waals surface area contributed by atoms with Gasteiger partial charge in [-0.15, -0.1) is 0 Å². The van der Waals surface area contributed by atoms with E-state index in [0.29, 0.717) is 29.5 Å². The summed E-state index contributed by atoms with van der Waals surface area (Å²) in [5.41, 5.74) is 3.11. The van der Waals surface area contributed by atoms with E-state index in [-0.39, 0.29) is 11.3 Å². The molecule has 7 heteroatoms. The van der Waals surface area contributed by atoms with Gasteiger partial charge in [-0.25, -0.2) is 4.98 Å². The van der Waals surface area contributed by atoms with Gasteiger partial charge in [-0.3, -0.25) is 4.79 Å². The van der Waals surface area contributed by atoms with Crippen LogP contribution in [0, 0.1) is 17.8 Å². The highest BCUT2D eigenvalue weighted by atomic mass is 16.5. The second kappa shape index (κ2) is 9.51. The fraction of sp³-hybridized carbons (Fsp3) is 0.548. The van der Waals surface area contributed by atoms with E-state index in [0.717, 1.165) is 80.0 Å². The highest BCUT2D eigenvalue weighted by Crippen LogP contribution is 2.62. The molecule has 7 nitrogen and oxygen atoms in total. The van der Waals surface area contributed by atoms with Crippen molar-refractivity contribution in [2.75, 3.05) is 18.6 Å². The quantitative estimate of drug-likeness (QED) is 0.352. The molecule has 5 fully saturated rings. The number of pyridine rings is 1. The lowest BCUT2D eigenvalue weighted by atomic mass is 9.69. The van der Waals surface area contributed by atoms with Crippen molar-refractivity contribution in [1.82, 2.24) is 15.1 Å². The number of fused-ring (bicyclic) bond motifs is 1. The summed E-state index contributed by atoms with van der Waals surface area (Å²) in [7, 11) is 1.63. The number of rotatable bonds is 8. The number of methoxy groups -OCH3 is 1. The molecular weight excluding hydrogens is 476 g/mol. The molecule has 0 spiro atoms. The molecule has 2 bridgehead atoms. The second-order valence-electron chi connectivity index (χ2n) is 12.1. The van der Waals surface area contributed by atoms with E-state index in [1.54, 1.807) is 13.3 Å². The van der Waals surface area contributed by atoms with Gasteiger partial charge in [0.1, 0.15) is 0 Å². The molecule has 3 aromatic rings. The lowest BCUT2D eigenvalue weighted by Crippen LogP contribution is -2.41. The predicted octanol–water partition coefficient (Wildman–Crippen LogP) is 6.30. The van der Waals surface area contributed by atoms with E-state index in [9.17, 15) is 4.79 Å². The Morgan fingerprint density at radius 3 is 2.66 bits per heavy atom. The van der Waals surface area contributed by atoms with Gasteiger partial charge in [0.25, 0.3) is 0 Å². The number of hydrogen-bond acceptors (Lipinski definition) is 6. The van der Waals surface area contributed by atoms with Crippen LogP contribution in [0.3, 0.4) is 0 Å². The molecule has 0 aliphatic heterocycles. The minimum Gasteiger partial charge on any atom is -0.481 e. The van der Waals surface area contributed by atoms with Gasteiger partial charge in [0, 0.05) is 36.3 Å². The van der Waals surface area contributed by atoms with Crippen LogP contribution in [0.5, 0.6) is 5.88 Å². The van der Waals surface area contributed by atoms with Crippen molar-refractivity contribution in [3.05, 3.63) is 54.3 Å². The molecule has 2 heterocycles. The summed E-state index contributed by atoms with van der Waals surface area (Å²) in [4.78, 5) is 25.2. The third-order valence-corrected chi connectivity index (χ3v) is 9.54. The zero-order valence-corrected chi connectivity index (χ0v) is 22.1. The molecule has 1 aromatic carbocycles. The first-order chi connectivity index (χ1) is 18.6. The number of benzene rings is 1. The Morgan fingerprint density at radius 1 is 1.05 bits per heavy atom. The number of ether oxygens (including phenoxy) is 1. The smallest absolute Gasteiger partial charge is 0.232 e. The van der Waals surface area contributed by atoms with E-state index in [4.69, 9.17) is 14.2 Å². The molecule has 1 amide bonds. The van der Waals surface area contributed by atoms with Crippen LogP contribution in [0.25, 0.3) is 11.1 Å². The molecule has 198 valence electrons. The summed E-state index contributed by atoms with van der Waals surface area (Å²) < 4.78 is 11.1. The monoisotopic (exact) mass is 512 g/mol. The fourth-order valence-corrected chi connectivity index (χ4v) is 7.23. The van der Waals surface area contributed by atoms with Gasteiger partial charge >= 0.3 is 0 Å². The van der Waals surface area contributed by atoms with E-state index in [1.165, 1.54) is 19.3 Å². The van der Waals surface area contributed by atoms with Crippen molar-refractivity contribution in [2.24, 2.45) is 17.8 Å². The third-order valence-electron chi connectivity index (χ3n) is 9.54. The Balaban J connectivity index is 1.15. The van der Waals surface area contributed by atoms with Gasteiger partial charge < -0.3 is 14.2 Å². The van der Waals surface area contributed by atoms with E-state index < -0.39 is 0 Å². The Hall–Kier alpha value is -3.22.